The van der Waals surface area contributed by atoms with Gasteiger partial charge in [-0.3, -0.25) is 4.79 Å². The number of rotatable bonds is 7. The molecular formula is C22H21Cl2N3O4S. The van der Waals surface area contributed by atoms with Crippen molar-refractivity contribution in [3.8, 4) is 5.75 Å². The Morgan fingerprint density at radius 1 is 1.22 bits per heavy atom. The van der Waals surface area contributed by atoms with E-state index in [0.29, 0.717) is 26.4 Å². The van der Waals surface area contributed by atoms with Crippen LogP contribution in [0.1, 0.15) is 51.1 Å². The fraction of sp³-hybridized carbons (Fsp3) is 0.318. The molecule has 0 saturated heterocycles. The molecular weight excluding hydrogens is 473 g/mol. The first-order valence-electron chi connectivity index (χ1n) is 10.2. The molecule has 1 aliphatic carbocycles. The number of benzene rings is 1. The average Bonchev–Trinajstić information content (AvgIpc) is 3.37. The van der Waals surface area contributed by atoms with Gasteiger partial charge in [0.25, 0.3) is 5.91 Å². The second-order valence-corrected chi connectivity index (χ2v) is 9.13. The van der Waals surface area contributed by atoms with Gasteiger partial charge in [0.2, 0.25) is 0 Å². The largest absolute Gasteiger partial charge is 0.470 e. The molecule has 0 fully saturated rings. The Kier molecular flexibility index (Phi) is 7.03. The van der Waals surface area contributed by atoms with Gasteiger partial charge in [0, 0.05) is 16.1 Å². The molecule has 2 heterocycles. The lowest BCUT2D eigenvalue weighted by Gasteiger charge is -2.12. The van der Waals surface area contributed by atoms with Crippen LogP contribution >= 0.6 is 34.5 Å². The summed E-state index contributed by atoms with van der Waals surface area (Å²) in [4.78, 5) is 26.5. The van der Waals surface area contributed by atoms with Crippen LogP contribution < -0.4 is 10.1 Å². The van der Waals surface area contributed by atoms with Gasteiger partial charge in [-0.25, -0.2) is 9.48 Å². The minimum absolute atomic E-state index is 0.0655. The van der Waals surface area contributed by atoms with Crippen LogP contribution in [0, 0.1) is 0 Å². The molecule has 0 spiro atoms. The first-order valence-corrected chi connectivity index (χ1v) is 11.8. The molecule has 1 aromatic carbocycles. The lowest BCUT2D eigenvalue weighted by molar-refractivity contribution is 0.0526. The number of anilines is 1. The van der Waals surface area contributed by atoms with Crippen molar-refractivity contribution < 1.29 is 19.1 Å². The fourth-order valence-electron chi connectivity index (χ4n) is 3.52. The Balaban J connectivity index is 1.47. The normalized spacial score (nSPS) is 12.8. The Morgan fingerprint density at radius 2 is 2.03 bits per heavy atom. The summed E-state index contributed by atoms with van der Waals surface area (Å²) in [5.41, 5.74) is 1.67. The molecule has 1 N–H and O–H groups in total. The van der Waals surface area contributed by atoms with Crippen LogP contribution in [0.2, 0.25) is 10.0 Å². The minimum Gasteiger partial charge on any atom is -0.470 e. The van der Waals surface area contributed by atoms with Gasteiger partial charge in [-0.1, -0.05) is 23.2 Å². The summed E-state index contributed by atoms with van der Waals surface area (Å²) in [6.45, 7) is 2.11. The number of fused-ring (bicyclic) bond motifs is 1. The smallest absolute Gasteiger partial charge is 0.341 e. The van der Waals surface area contributed by atoms with E-state index in [2.05, 4.69) is 10.4 Å². The van der Waals surface area contributed by atoms with Crippen LogP contribution in [-0.4, -0.2) is 28.3 Å². The SMILES string of the molecule is CCOC(=O)c1c(NC(=O)c2ccn(COc3ccc(Cl)cc3Cl)n2)sc2c1CCCC2. The Morgan fingerprint density at radius 3 is 2.81 bits per heavy atom. The number of aryl methyl sites for hydroxylation is 1. The van der Waals surface area contributed by atoms with Gasteiger partial charge in [-0.2, -0.15) is 5.10 Å². The van der Waals surface area contributed by atoms with E-state index < -0.39 is 11.9 Å². The molecule has 168 valence electrons. The van der Waals surface area contributed by atoms with E-state index in [1.54, 1.807) is 37.4 Å². The number of ether oxygens (including phenoxy) is 2. The number of aromatic nitrogens is 2. The first-order chi connectivity index (χ1) is 15.5. The zero-order chi connectivity index (χ0) is 22.7. The number of thiophene rings is 1. The van der Waals surface area contributed by atoms with Crippen LogP contribution in [0.3, 0.4) is 0 Å². The van der Waals surface area contributed by atoms with Crippen molar-refractivity contribution in [3.05, 3.63) is 62.2 Å². The van der Waals surface area contributed by atoms with E-state index in [1.807, 2.05) is 0 Å². The lowest BCUT2D eigenvalue weighted by atomic mass is 9.95. The van der Waals surface area contributed by atoms with E-state index in [-0.39, 0.29) is 19.0 Å². The molecule has 0 saturated carbocycles. The Bertz CT molecular complexity index is 1160. The molecule has 7 nitrogen and oxygen atoms in total. The molecule has 0 atom stereocenters. The Hall–Kier alpha value is -2.55. The summed E-state index contributed by atoms with van der Waals surface area (Å²) in [5, 5.41) is 8.52. The van der Waals surface area contributed by atoms with E-state index in [9.17, 15) is 9.59 Å². The number of amides is 1. The van der Waals surface area contributed by atoms with Crippen molar-refractivity contribution >= 4 is 51.4 Å². The number of halogens is 2. The fourth-order valence-corrected chi connectivity index (χ4v) is 5.26. The maximum absolute atomic E-state index is 12.8. The highest BCUT2D eigenvalue weighted by Gasteiger charge is 2.27. The molecule has 0 unspecified atom stereocenters. The van der Waals surface area contributed by atoms with E-state index >= 15 is 0 Å². The summed E-state index contributed by atoms with van der Waals surface area (Å²) in [7, 11) is 0. The molecule has 0 radical (unpaired) electrons. The van der Waals surface area contributed by atoms with Crippen LogP contribution in [0.4, 0.5) is 5.00 Å². The van der Waals surface area contributed by atoms with Crippen LogP contribution in [0.5, 0.6) is 5.75 Å². The summed E-state index contributed by atoms with van der Waals surface area (Å²) in [6, 6.07) is 6.51. The molecule has 3 aromatic rings. The number of hydrogen-bond donors (Lipinski definition) is 1. The van der Waals surface area contributed by atoms with Gasteiger partial charge < -0.3 is 14.8 Å². The van der Waals surface area contributed by atoms with Gasteiger partial charge in [0.15, 0.2) is 12.4 Å². The predicted molar refractivity (Wildman–Crippen MR) is 124 cm³/mol. The van der Waals surface area contributed by atoms with Crippen LogP contribution in [-0.2, 0) is 24.3 Å². The second kappa shape index (κ2) is 9.94. The number of esters is 1. The number of hydrogen-bond acceptors (Lipinski definition) is 6. The molecule has 0 aliphatic heterocycles. The van der Waals surface area contributed by atoms with Crippen LogP contribution in [0.15, 0.2) is 30.5 Å². The van der Waals surface area contributed by atoms with Crippen molar-refractivity contribution in [2.75, 3.05) is 11.9 Å². The highest BCUT2D eigenvalue weighted by atomic mass is 35.5. The molecule has 1 amide bonds. The van der Waals surface area contributed by atoms with Crippen molar-refractivity contribution in [1.82, 2.24) is 9.78 Å². The maximum Gasteiger partial charge on any atom is 0.341 e. The summed E-state index contributed by atoms with van der Waals surface area (Å²) >= 11 is 13.4. The van der Waals surface area contributed by atoms with Gasteiger partial charge in [-0.15, -0.1) is 11.3 Å². The van der Waals surface area contributed by atoms with Gasteiger partial charge in [0.05, 0.1) is 17.2 Å². The average molecular weight is 494 g/mol. The number of carbonyl (C=O) groups excluding carboxylic acids is 2. The summed E-state index contributed by atoms with van der Waals surface area (Å²) in [6.07, 6.45) is 5.44. The third-order valence-corrected chi connectivity index (χ3v) is 6.74. The zero-order valence-electron chi connectivity index (χ0n) is 17.3. The maximum atomic E-state index is 12.8. The number of carbonyl (C=O) groups is 2. The Labute approximate surface area is 199 Å². The van der Waals surface area contributed by atoms with Gasteiger partial charge >= 0.3 is 5.97 Å². The van der Waals surface area contributed by atoms with Gasteiger partial charge in [-0.05, 0) is 62.4 Å². The van der Waals surface area contributed by atoms with E-state index in [4.69, 9.17) is 32.7 Å². The molecule has 2 aromatic heterocycles. The third-order valence-electron chi connectivity index (χ3n) is 5.00. The number of nitrogens with one attached hydrogen (secondary N) is 1. The minimum atomic E-state index is -0.405. The molecule has 4 rings (SSSR count). The van der Waals surface area contributed by atoms with Gasteiger partial charge in [0.1, 0.15) is 10.8 Å². The number of nitrogens with zero attached hydrogens (tertiary/aromatic N) is 2. The summed E-state index contributed by atoms with van der Waals surface area (Å²) < 4.78 is 12.4. The quantitative estimate of drug-likeness (QED) is 0.433. The molecule has 1 aliphatic rings. The molecule has 32 heavy (non-hydrogen) atoms. The highest BCUT2D eigenvalue weighted by Crippen LogP contribution is 2.38. The molecule has 10 heteroatoms. The van der Waals surface area contributed by atoms with E-state index in [0.717, 1.165) is 36.1 Å². The lowest BCUT2D eigenvalue weighted by Crippen LogP contribution is -2.17. The second-order valence-electron chi connectivity index (χ2n) is 7.18. The van der Waals surface area contributed by atoms with E-state index in [1.165, 1.54) is 16.0 Å². The van der Waals surface area contributed by atoms with Crippen molar-refractivity contribution in [3.63, 3.8) is 0 Å². The highest BCUT2D eigenvalue weighted by molar-refractivity contribution is 7.17. The van der Waals surface area contributed by atoms with Crippen molar-refractivity contribution in [2.45, 2.75) is 39.3 Å². The summed E-state index contributed by atoms with van der Waals surface area (Å²) in [5.74, 6) is -0.348. The standard InChI is InChI=1S/C22H21Cl2N3O4S/c1-2-30-22(29)19-14-5-3-4-6-18(14)32-21(19)25-20(28)16-9-10-27(26-16)12-31-17-8-7-13(23)11-15(17)24/h7-11H,2-6,12H2,1H3,(H,25,28). The zero-order valence-corrected chi connectivity index (χ0v) is 19.6. The van der Waals surface area contributed by atoms with Crippen molar-refractivity contribution in [2.24, 2.45) is 0 Å². The van der Waals surface area contributed by atoms with Crippen molar-refractivity contribution in [1.29, 1.82) is 0 Å². The predicted octanol–water partition coefficient (Wildman–Crippen LogP) is 5.60. The first kappa shape index (κ1) is 22.6. The topological polar surface area (TPSA) is 82.5 Å². The monoisotopic (exact) mass is 493 g/mol. The third kappa shape index (κ3) is 4.92. The van der Waals surface area contributed by atoms with Crippen LogP contribution in [0.25, 0.3) is 0 Å². The molecule has 0 bridgehead atoms.